The van der Waals surface area contributed by atoms with Crippen molar-refractivity contribution in [1.82, 2.24) is 4.98 Å². The van der Waals surface area contributed by atoms with E-state index in [1.807, 2.05) is 44.2 Å². The molecule has 0 radical (unpaired) electrons. The first-order chi connectivity index (χ1) is 16.6. The molecule has 170 valence electrons. The average Bonchev–Trinajstić information content (AvgIpc) is 3.21. The molecule has 0 bridgehead atoms. The van der Waals surface area contributed by atoms with Crippen LogP contribution in [0.15, 0.2) is 97.0 Å². The fraction of sp³-hybridized carbons (Fsp3) is 0.172. The molecule has 2 heterocycles. The molecule has 5 heteroatoms. The van der Waals surface area contributed by atoms with Crippen LogP contribution >= 0.6 is 0 Å². The summed E-state index contributed by atoms with van der Waals surface area (Å²) in [5, 5.41) is 2.12. The first-order valence-corrected chi connectivity index (χ1v) is 11.5. The van der Waals surface area contributed by atoms with Crippen LogP contribution in [0.3, 0.4) is 0 Å². The molecular formula is C29H26N2O3. The van der Waals surface area contributed by atoms with Crippen molar-refractivity contribution in [1.29, 1.82) is 0 Å². The summed E-state index contributed by atoms with van der Waals surface area (Å²) in [4.78, 5) is 19.2. The van der Waals surface area contributed by atoms with Crippen molar-refractivity contribution in [2.75, 3.05) is 11.4 Å². The lowest BCUT2D eigenvalue weighted by atomic mass is 10.1. The molecule has 1 aromatic heterocycles. The van der Waals surface area contributed by atoms with Crippen molar-refractivity contribution in [3.63, 3.8) is 0 Å². The summed E-state index contributed by atoms with van der Waals surface area (Å²) < 4.78 is 12.0. The molecule has 0 aliphatic carbocycles. The molecule has 34 heavy (non-hydrogen) atoms. The number of pyridine rings is 1. The number of aromatic nitrogens is 1. The van der Waals surface area contributed by atoms with E-state index in [-0.39, 0.29) is 11.9 Å². The molecule has 0 saturated carbocycles. The number of ketones is 1. The zero-order valence-corrected chi connectivity index (χ0v) is 19.3. The van der Waals surface area contributed by atoms with E-state index in [4.69, 9.17) is 9.47 Å². The summed E-state index contributed by atoms with van der Waals surface area (Å²) >= 11 is 0. The Kier molecular flexibility index (Phi) is 6.00. The van der Waals surface area contributed by atoms with Gasteiger partial charge in [0, 0.05) is 24.2 Å². The van der Waals surface area contributed by atoms with Crippen LogP contribution < -0.4 is 14.4 Å². The van der Waals surface area contributed by atoms with Crippen molar-refractivity contribution >= 4 is 22.2 Å². The Labute approximate surface area is 199 Å². The van der Waals surface area contributed by atoms with Gasteiger partial charge in [-0.25, -0.2) is 0 Å². The first kappa shape index (κ1) is 21.7. The standard InChI is InChI=1S/C29H26N2O3/c1-20(2)33-23-13-10-21(11-14-23)16-18-31-26-15-12-22-7-3-4-8-24(22)29(26)34-28(31)19-27(32)25-9-5-6-17-30-25/h3-15,17,19-20H,16,18H2,1-2H3. The Bertz CT molecular complexity index is 1350. The first-order valence-electron chi connectivity index (χ1n) is 11.5. The minimum Gasteiger partial charge on any atom is -0.491 e. The average molecular weight is 451 g/mol. The van der Waals surface area contributed by atoms with E-state index < -0.39 is 0 Å². The second-order valence-corrected chi connectivity index (χ2v) is 8.51. The summed E-state index contributed by atoms with van der Waals surface area (Å²) in [5.41, 5.74) is 2.53. The minimum absolute atomic E-state index is 0.142. The van der Waals surface area contributed by atoms with Crippen molar-refractivity contribution in [3.05, 3.63) is 108 Å². The van der Waals surface area contributed by atoms with Gasteiger partial charge in [-0.1, -0.05) is 48.5 Å². The number of carbonyl (C=O) groups is 1. The molecule has 0 amide bonds. The number of ether oxygens (including phenoxy) is 2. The second kappa shape index (κ2) is 9.40. The third kappa shape index (κ3) is 4.50. The van der Waals surface area contributed by atoms with Gasteiger partial charge < -0.3 is 14.4 Å². The molecule has 4 aromatic rings. The fourth-order valence-corrected chi connectivity index (χ4v) is 4.11. The number of nitrogens with zero attached hydrogens (tertiary/aromatic N) is 2. The lowest BCUT2D eigenvalue weighted by Crippen LogP contribution is -2.24. The number of benzene rings is 3. The Morgan fingerprint density at radius 1 is 1.00 bits per heavy atom. The van der Waals surface area contributed by atoms with Gasteiger partial charge in [-0.3, -0.25) is 9.78 Å². The normalized spacial score (nSPS) is 13.9. The molecule has 0 fully saturated rings. The van der Waals surface area contributed by atoms with Gasteiger partial charge in [0.1, 0.15) is 11.4 Å². The fourth-order valence-electron chi connectivity index (χ4n) is 4.11. The van der Waals surface area contributed by atoms with Crippen LogP contribution in [0.4, 0.5) is 5.69 Å². The van der Waals surface area contributed by atoms with Crippen LogP contribution in [-0.4, -0.2) is 23.4 Å². The van der Waals surface area contributed by atoms with E-state index in [0.717, 1.165) is 34.4 Å². The van der Waals surface area contributed by atoms with Crippen LogP contribution in [0.25, 0.3) is 10.8 Å². The Hall–Kier alpha value is -4.12. The number of fused-ring (bicyclic) bond motifs is 3. The molecule has 3 aromatic carbocycles. The van der Waals surface area contributed by atoms with Crippen molar-refractivity contribution in [2.24, 2.45) is 0 Å². The maximum absolute atomic E-state index is 12.9. The Morgan fingerprint density at radius 3 is 2.56 bits per heavy atom. The van der Waals surface area contributed by atoms with E-state index >= 15 is 0 Å². The third-order valence-corrected chi connectivity index (χ3v) is 5.71. The molecule has 0 spiro atoms. The summed E-state index contributed by atoms with van der Waals surface area (Å²) in [7, 11) is 0. The molecule has 5 nitrogen and oxygen atoms in total. The van der Waals surface area contributed by atoms with Gasteiger partial charge in [0.2, 0.25) is 11.7 Å². The quantitative estimate of drug-likeness (QED) is 0.248. The number of carbonyl (C=O) groups excluding carboxylic acids is 1. The number of anilines is 1. The van der Waals surface area contributed by atoms with Gasteiger partial charge >= 0.3 is 0 Å². The van der Waals surface area contributed by atoms with E-state index in [1.165, 1.54) is 11.6 Å². The SMILES string of the molecule is CC(C)Oc1ccc(CCN2C(=CC(=O)c3ccccn3)Oc3c2ccc2ccccc32)cc1. The molecule has 5 rings (SSSR count). The summed E-state index contributed by atoms with van der Waals surface area (Å²) in [6.45, 7) is 4.70. The minimum atomic E-state index is -0.187. The second-order valence-electron chi connectivity index (χ2n) is 8.51. The van der Waals surface area contributed by atoms with Crippen LogP contribution in [0.2, 0.25) is 0 Å². The van der Waals surface area contributed by atoms with Gasteiger partial charge in [-0.2, -0.15) is 0 Å². The van der Waals surface area contributed by atoms with E-state index in [9.17, 15) is 4.79 Å². The van der Waals surface area contributed by atoms with E-state index in [1.54, 1.807) is 24.4 Å². The van der Waals surface area contributed by atoms with Crippen molar-refractivity contribution in [2.45, 2.75) is 26.4 Å². The topological polar surface area (TPSA) is 51.7 Å². The summed E-state index contributed by atoms with van der Waals surface area (Å²) in [5.74, 6) is 1.97. The predicted molar refractivity (Wildman–Crippen MR) is 134 cm³/mol. The van der Waals surface area contributed by atoms with Gasteiger partial charge in [0.05, 0.1) is 11.8 Å². The number of rotatable bonds is 7. The predicted octanol–water partition coefficient (Wildman–Crippen LogP) is 6.19. The Balaban J connectivity index is 1.45. The molecule has 0 saturated heterocycles. The van der Waals surface area contributed by atoms with Crippen LogP contribution in [0, 0.1) is 0 Å². The maximum atomic E-state index is 12.9. The largest absolute Gasteiger partial charge is 0.491 e. The zero-order chi connectivity index (χ0) is 23.5. The maximum Gasteiger partial charge on any atom is 0.209 e. The highest BCUT2D eigenvalue weighted by Gasteiger charge is 2.29. The zero-order valence-electron chi connectivity index (χ0n) is 19.3. The van der Waals surface area contributed by atoms with Crippen LogP contribution in [-0.2, 0) is 6.42 Å². The van der Waals surface area contributed by atoms with Gasteiger partial charge in [0.15, 0.2) is 5.75 Å². The molecule has 1 aliphatic heterocycles. The van der Waals surface area contributed by atoms with E-state index in [0.29, 0.717) is 18.1 Å². The monoisotopic (exact) mass is 450 g/mol. The highest BCUT2D eigenvalue weighted by Crippen LogP contribution is 2.44. The number of allylic oxidation sites excluding steroid dienone is 1. The highest BCUT2D eigenvalue weighted by molar-refractivity contribution is 6.04. The summed E-state index contributed by atoms with van der Waals surface area (Å²) in [6.07, 6.45) is 4.08. The molecular weight excluding hydrogens is 424 g/mol. The smallest absolute Gasteiger partial charge is 0.209 e. The van der Waals surface area contributed by atoms with Crippen molar-refractivity contribution in [3.8, 4) is 11.5 Å². The van der Waals surface area contributed by atoms with E-state index in [2.05, 4.69) is 40.2 Å². The molecule has 0 N–H and O–H groups in total. The van der Waals surface area contributed by atoms with Gasteiger partial charge in [-0.15, -0.1) is 0 Å². The Morgan fingerprint density at radius 2 is 1.79 bits per heavy atom. The lowest BCUT2D eigenvalue weighted by molar-refractivity contribution is 0.103. The number of hydrogen-bond acceptors (Lipinski definition) is 5. The molecule has 0 unspecified atom stereocenters. The summed E-state index contributed by atoms with van der Waals surface area (Å²) in [6, 6.07) is 25.7. The molecule has 0 atom stereocenters. The number of hydrogen-bond donors (Lipinski definition) is 0. The highest BCUT2D eigenvalue weighted by atomic mass is 16.5. The van der Waals surface area contributed by atoms with Gasteiger partial charge in [0.25, 0.3) is 0 Å². The van der Waals surface area contributed by atoms with Gasteiger partial charge in [-0.05, 0) is 61.5 Å². The molecule has 1 aliphatic rings. The lowest BCUT2D eigenvalue weighted by Gasteiger charge is -2.18. The van der Waals surface area contributed by atoms with Crippen molar-refractivity contribution < 1.29 is 14.3 Å². The van der Waals surface area contributed by atoms with Crippen LogP contribution in [0.1, 0.15) is 29.9 Å². The third-order valence-electron chi connectivity index (χ3n) is 5.71. The van der Waals surface area contributed by atoms with Crippen LogP contribution in [0.5, 0.6) is 11.5 Å².